The lowest BCUT2D eigenvalue weighted by molar-refractivity contribution is 0.242. The fraction of sp³-hybridized carbons (Fsp3) is 0.250. The van der Waals surface area contributed by atoms with Gasteiger partial charge in [0.05, 0.1) is 11.3 Å². The molecule has 1 aliphatic rings. The van der Waals surface area contributed by atoms with Gasteiger partial charge in [0.15, 0.2) is 0 Å². The van der Waals surface area contributed by atoms with E-state index in [0.29, 0.717) is 12.4 Å². The van der Waals surface area contributed by atoms with Crippen molar-refractivity contribution in [1.82, 2.24) is 19.9 Å². The van der Waals surface area contributed by atoms with Crippen LogP contribution in [0.15, 0.2) is 47.5 Å². The second-order valence-corrected chi connectivity index (χ2v) is 7.03. The van der Waals surface area contributed by atoms with Crippen LogP contribution in [-0.4, -0.2) is 26.4 Å². The fourth-order valence-corrected chi connectivity index (χ4v) is 3.45. The van der Waals surface area contributed by atoms with E-state index in [2.05, 4.69) is 25.9 Å². The smallest absolute Gasteiger partial charge is 0.255 e. The first-order valence-electron chi connectivity index (χ1n) is 8.60. The van der Waals surface area contributed by atoms with Gasteiger partial charge in [0.25, 0.3) is 5.56 Å². The van der Waals surface area contributed by atoms with Crippen LogP contribution in [-0.2, 0) is 19.5 Å². The van der Waals surface area contributed by atoms with Crippen molar-refractivity contribution < 1.29 is 0 Å². The number of rotatable bonds is 3. The number of aromatic nitrogens is 3. The number of aryl methyl sites for hydroxylation is 1. The number of hydrogen-bond acceptors (Lipinski definition) is 4. The highest BCUT2D eigenvalue weighted by Gasteiger charge is 2.21. The van der Waals surface area contributed by atoms with Crippen molar-refractivity contribution >= 4 is 11.6 Å². The van der Waals surface area contributed by atoms with Gasteiger partial charge in [-0.05, 0) is 36.2 Å². The number of benzene rings is 1. The molecule has 6 heteroatoms. The number of nitrogens with one attached hydrogen (secondary N) is 1. The summed E-state index contributed by atoms with van der Waals surface area (Å²) in [5, 5.41) is 0.778. The largest absolute Gasteiger partial charge is 0.306 e. The van der Waals surface area contributed by atoms with Gasteiger partial charge in [0.2, 0.25) is 0 Å². The normalized spacial score (nSPS) is 14.2. The molecule has 1 aliphatic heterocycles. The van der Waals surface area contributed by atoms with Gasteiger partial charge >= 0.3 is 0 Å². The first-order valence-corrected chi connectivity index (χ1v) is 8.98. The lowest BCUT2D eigenvalue weighted by atomic mass is 10.1. The Morgan fingerprint density at radius 3 is 2.96 bits per heavy atom. The quantitative estimate of drug-likeness (QED) is 0.772. The van der Waals surface area contributed by atoms with E-state index in [4.69, 9.17) is 11.6 Å². The van der Waals surface area contributed by atoms with E-state index in [-0.39, 0.29) is 5.56 Å². The van der Waals surface area contributed by atoms with Crippen LogP contribution in [0.25, 0.3) is 11.4 Å². The molecule has 1 N–H and O–H groups in total. The molecule has 0 fully saturated rings. The first-order chi connectivity index (χ1) is 12.6. The zero-order chi connectivity index (χ0) is 18.1. The molecule has 1 aromatic carbocycles. The SMILES string of the molecule is Cc1ccc(CN2CCc3nc(-c4cccnc4)[nH]c(=O)c3C2)cc1Cl. The maximum atomic E-state index is 12.6. The minimum absolute atomic E-state index is 0.0690. The van der Waals surface area contributed by atoms with Crippen molar-refractivity contribution in [3.63, 3.8) is 0 Å². The average molecular weight is 367 g/mol. The standard InChI is InChI=1S/C20H19ClN4O/c1-13-4-5-14(9-17(13)21)11-25-8-6-18-16(12-25)20(26)24-19(23-18)15-3-2-7-22-10-15/h2-5,7,9-10H,6,8,11-12H2,1H3,(H,23,24,26). The van der Waals surface area contributed by atoms with Gasteiger partial charge in [0, 0.05) is 49.0 Å². The van der Waals surface area contributed by atoms with Crippen LogP contribution in [0.3, 0.4) is 0 Å². The molecule has 2 aromatic heterocycles. The Bertz CT molecular complexity index is 1000. The summed E-state index contributed by atoms with van der Waals surface area (Å²) in [6, 6.07) is 9.85. The minimum atomic E-state index is -0.0690. The number of fused-ring (bicyclic) bond motifs is 1. The predicted octanol–water partition coefficient (Wildman–Crippen LogP) is 3.35. The molecule has 132 valence electrons. The summed E-state index contributed by atoms with van der Waals surface area (Å²) < 4.78 is 0. The second kappa shape index (κ2) is 7.02. The summed E-state index contributed by atoms with van der Waals surface area (Å²) in [5.74, 6) is 0.584. The number of aromatic amines is 1. The highest BCUT2D eigenvalue weighted by atomic mass is 35.5. The van der Waals surface area contributed by atoms with E-state index in [1.165, 1.54) is 0 Å². The third-order valence-corrected chi connectivity index (χ3v) is 5.13. The molecule has 0 saturated heterocycles. The minimum Gasteiger partial charge on any atom is -0.306 e. The topological polar surface area (TPSA) is 61.9 Å². The highest BCUT2D eigenvalue weighted by Crippen LogP contribution is 2.22. The first kappa shape index (κ1) is 16.9. The number of nitrogens with zero attached hydrogens (tertiary/aromatic N) is 3. The molecule has 0 atom stereocenters. The number of halogens is 1. The van der Waals surface area contributed by atoms with E-state index in [1.807, 2.05) is 31.2 Å². The monoisotopic (exact) mass is 366 g/mol. The molecule has 26 heavy (non-hydrogen) atoms. The van der Waals surface area contributed by atoms with Crippen LogP contribution in [0.2, 0.25) is 5.02 Å². The van der Waals surface area contributed by atoms with Gasteiger partial charge in [-0.3, -0.25) is 14.7 Å². The third kappa shape index (κ3) is 3.41. The molecule has 0 saturated carbocycles. The van der Waals surface area contributed by atoms with Crippen LogP contribution in [0.1, 0.15) is 22.4 Å². The number of H-pyrrole nitrogens is 1. The molecule has 5 nitrogen and oxygen atoms in total. The Hall–Kier alpha value is -2.50. The van der Waals surface area contributed by atoms with Crippen molar-refractivity contribution in [1.29, 1.82) is 0 Å². The maximum Gasteiger partial charge on any atom is 0.255 e. The van der Waals surface area contributed by atoms with Gasteiger partial charge < -0.3 is 4.98 Å². The van der Waals surface area contributed by atoms with Gasteiger partial charge in [0.1, 0.15) is 5.82 Å². The molecule has 0 spiro atoms. The lowest BCUT2D eigenvalue weighted by Gasteiger charge is -2.27. The van der Waals surface area contributed by atoms with Crippen molar-refractivity contribution in [2.45, 2.75) is 26.4 Å². The van der Waals surface area contributed by atoms with Crippen molar-refractivity contribution in [2.24, 2.45) is 0 Å². The van der Waals surface area contributed by atoms with E-state index >= 15 is 0 Å². The Balaban J connectivity index is 1.57. The average Bonchev–Trinajstić information content (AvgIpc) is 2.66. The fourth-order valence-electron chi connectivity index (χ4n) is 3.25. The Morgan fingerprint density at radius 2 is 2.19 bits per heavy atom. The van der Waals surface area contributed by atoms with Crippen molar-refractivity contribution in [2.75, 3.05) is 6.54 Å². The van der Waals surface area contributed by atoms with E-state index in [9.17, 15) is 4.79 Å². The molecular formula is C20H19ClN4O. The summed E-state index contributed by atoms with van der Waals surface area (Å²) in [4.78, 5) is 26.5. The number of hydrogen-bond donors (Lipinski definition) is 1. The molecule has 0 aliphatic carbocycles. The van der Waals surface area contributed by atoms with Gasteiger partial charge in [-0.1, -0.05) is 23.7 Å². The molecule has 3 heterocycles. The zero-order valence-corrected chi connectivity index (χ0v) is 15.3. The molecule has 3 aromatic rings. The summed E-state index contributed by atoms with van der Waals surface area (Å²) >= 11 is 6.22. The predicted molar refractivity (Wildman–Crippen MR) is 102 cm³/mol. The number of pyridine rings is 1. The Labute approximate surface area is 156 Å². The van der Waals surface area contributed by atoms with Crippen LogP contribution in [0, 0.1) is 6.92 Å². The highest BCUT2D eigenvalue weighted by molar-refractivity contribution is 6.31. The zero-order valence-electron chi connectivity index (χ0n) is 14.5. The summed E-state index contributed by atoms with van der Waals surface area (Å²) in [6.07, 6.45) is 4.17. The van der Waals surface area contributed by atoms with Crippen molar-refractivity contribution in [3.05, 3.63) is 80.5 Å². The van der Waals surface area contributed by atoms with Gasteiger partial charge in [-0.15, -0.1) is 0 Å². The van der Waals surface area contributed by atoms with Crippen LogP contribution < -0.4 is 5.56 Å². The third-order valence-electron chi connectivity index (χ3n) is 4.73. The molecule has 0 radical (unpaired) electrons. The summed E-state index contributed by atoms with van der Waals surface area (Å²) in [5.41, 5.74) is 4.61. The lowest BCUT2D eigenvalue weighted by Crippen LogP contribution is -2.35. The Kier molecular flexibility index (Phi) is 4.57. The van der Waals surface area contributed by atoms with E-state index in [0.717, 1.165) is 52.5 Å². The second-order valence-electron chi connectivity index (χ2n) is 6.63. The molecule has 4 rings (SSSR count). The molecule has 0 bridgehead atoms. The van der Waals surface area contributed by atoms with Gasteiger partial charge in [-0.2, -0.15) is 0 Å². The van der Waals surface area contributed by atoms with Crippen LogP contribution in [0.4, 0.5) is 0 Å². The summed E-state index contributed by atoms with van der Waals surface area (Å²) in [7, 11) is 0. The van der Waals surface area contributed by atoms with Crippen LogP contribution in [0.5, 0.6) is 0 Å². The Morgan fingerprint density at radius 1 is 1.31 bits per heavy atom. The molecular weight excluding hydrogens is 348 g/mol. The van der Waals surface area contributed by atoms with Gasteiger partial charge in [-0.25, -0.2) is 4.98 Å². The van der Waals surface area contributed by atoms with E-state index < -0.39 is 0 Å². The summed E-state index contributed by atoms with van der Waals surface area (Å²) in [6.45, 7) is 4.22. The molecule has 0 unspecified atom stereocenters. The van der Waals surface area contributed by atoms with Crippen molar-refractivity contribution in [3.8, 4) is 11.4 Å². The van der Waals surface area contributed by atoms with E-state index in [1.54, 1.807) is 12.4 Å². The maximum absolute atomic E-state index is 12.6. The molecule has 0 amide bonds. The van der Waals surface area contributed by atoms with Crippen LogP contribution >= 0.6 is 11.6 Å².